The van der Waals surface area contributed by atoms with Gasteiger partial charge in [0.05, 0.1) is 0 Å². The van der Waals surface area contributed by atoms with Crippen molar-refractivity contribution < 1.29 is 28.6 Å². The molecule has 150 valence electrons. The van der Waals surface area contributed by atoms with E-state index in [1.165, 1.54) is 12.1 Å². The standard InChI is InChI=1S/C21H24O7/c1-10(9-21(3,4)5)6-15(23)28-19-17(24)13(22)8-12-16-14(27-18(12)19)7-11(2)26-20(16)25/h7-8,10,22,24H,6,9H2,1-5H3. The number of ether oxygens (including phenoxy) is 1. The van der Waals surface area contributed by atoms with E-state index in [2.05, 4.69) is 20.8 Å². The average Bonchev–Trinajstić information content (AvgIpc) is 2.87. The van der Waals surface area contributed by atoms with E-state index in [0.717, 1.165) is 6.42 Å². The molecule has 1 aromatic carbocycles. The van der Waals surface area contributed by atoms with Crippen LogP contribution in [0.2, 0.25) is 0 Å². The zero-order chi connectivity index (χ0) is 20.8. The summed E-state index contributed by atoms with van der Waals surface area (Å²) in [4.78, 5) is 24.6. The number of hydrogen-bond donors (Lipinski definition) is 2. The van der Waals surface area contributed by atoms with Crippen LogP contribution in [0.15, 0.2) is 25.8 Å². The SMILES string of the molecule is Cc1cc2oc3c(OC(=O)CC(C)CC(C)(C)C)c(O)c(O)cc3c2c(=O)o1. The van der Waals surface area contributed by atoms with E-state index in [-0.39, 0.29) is 45.4 Å². The van der Waals surface area contributed by atoms with Crippen LogP contribution in [-0.4, -0.2) is 16.2 Å². The summed E-state index contributed by atoms with van der Waals surface area (Å²) in [6.07, 6.45) is 0.948. The number of aromatic hydroxyl groups is 2. The van der Waals surface area contributed by atoms with Gasteiger partial charge in [-0.3, -0.25) is 4.79 Å². The summed E-state index contributed by atoms with van der Waals surface area (Å²) in [6.45, 7) is 9.80. The van der Waals surface area contributed by atoms with E-state index in [1.54, 1.807) is 6.92 Å². The molecular formula is C21H24O7. The minimum absolute atomic E-state index is 0.0000226. The Hall–Kier alpha value is -2.96. The quantitative estimate of drug-likeness (QED) is 0.381. The fourth-order valence-corrected chi connectivity index (χ4v) is 3.57. The number of phenols is 2. The highest BCUT2D eigenvalue weighted by atomic mass is 16.5. The smallest absolute Gasteiger partial charge is 0.347 e. The van der Waals surface area contributed by atoms with Crippen LogP contribution in [0, 0.1) is 18.3 Å². The molecule has 0 radical (unpaired) electrons. The Bertz CT molecular complexity index is 1110. The van der Waals surface area contributed by atoms with E-state index in [4.69, 9.17) is 13.6 Å². The average molecular weight is 388 g/mol. The van der Waals surface area contributed by atoms with Crippen molar-refractivity contribution in [3.63, 3.8) is 0 Å². The molecular weight excluding hydrogens is 364 g/mol. The van der Waals surface area contributed by atoms with Gasteiger partial charge < -0.3 is 23.8 Å². The van der Waals surface area contributed by atoms with Crippen LogP contribution in [0.4, 0.5) is 0 Å². The number of fused-ring (bicyclic) bond motifs is 3. The second kappa shape index (κ2) is 6.89. The minimum atomic E-state index is -0.644. The van der Waals surface area contributed by atoms with E-state index in [1.807, 2.05) is 6.92 Å². The summed E-state index contributed by atoms with van der Waals surface area (Å²) in [5.74, 6) is -1.61. The van der Waals surface area contributed by atoms with Gasteiger partial charge >= 0.3 is 11.6 Å². The molecule has 0 aliphatic carbocycles. The van der Waals surface area contributed by atoms with E-state index in [0.29, 0.717) is 5.76 Å². The molecule has 0 aliphatic heterocycles. The Kier molecular flexibility index (Phi) is 4.87. The third kappa shape index (κ3) is 3.83. The number of phenolic OH excluding ortho intramolecular Hbond substituents is 2. The summed E-state index contributed by atoms with van der Waals surface area (Å²) < 4.78 is 16.1. The summed E-state index contributed by atoms with van der Waals surface area (Å²) in [5.41, 5.74) is -0.368. The number of carbonyl (C=O) groups is 1. The number of furan rings is 1. The molecule has 2 N–H and O–H groups in total. The van der Waals surface area contributed by atoms with Gasteiger partial charge in [-0.15, -0.1) is 0 Å². The van der Waals surface area contributed by atoms with Crippen molar-refractivity contribution in [2.45, 2.75) is 47.5 Å². The molecule has 0 saturated carbocycles. The maximum atomic E-state index is 12.4. The molecule has 0 aliphatic rings. The first kappa shape index (κ1) is 19.8. The number of esters is 1. The third-order valence-electron chi connectivity index (χ3n) is 4.40. The number of rotatable bonds is 4. The van der Waals surface area contributed by atoms with Gasteiger partial charge in [-0.05, 0) is 30.7 Å². The van der Waals surface area contributed by atoms with Crippen LogP contribution in [0.5, 0.6) is 17.2 Å². The second-order valence-electron chi connectivity index (χ2n) is 8.48. The van der Waals surface area contributed by atoms with Crippen LogP contribution in [-0.2, 0) is 4.79 Å². The molecule has 1 atom stereocenters. The van der Waals surface area contributed by atoms with Crippen molar-refractivity contribution in [1.82, 2.24) is 0 Å². The zero-order valence-electron chi connectivity index (χ0n) is 16.6. The Labute approximate surface area is 161 Å². The number of aryl methyl sites for hydroxylation is 1. The number of carbonyl (C=O) groups excluding carboxylic acids is 1. The molecule has 28 heavy (non-hydrogen) atoms. The van der Waals surface area contributed by atoms with E-state index >= 15 is 0 Å². The highest BCUT2D eigenvalue weighted by Crippen LogP contribution is 2.45. The minimum Gasteiger partial charge on any atom is -0.504 e. The lowest BCUT2D eigenvalue weighted by molar-refractivity contribution is -0.135. The number of benzene rings is 1. The highest BCUT2D eigenvalue weighted by molar-refractivity contribution is 6.08. The molecule has 7 heteroatoms. The summed E-state index contributed by atoms with van der Waals surface area (Å²) in [6, 6.07) is 2.70. The topological polar surface area (TPSA) is 110 Å². The molecule has 0 bridgehead atoms. The largest absolute Gasteiger partial charge is 0.504 e. The van der Waals surface area contributed by atoms with Crippen LogP contribution >= 0.6 is 0 Å². The first-order valence-electron chi connectivity index (χ1n) is 9.09. The van der Waals surface area contributed by atoms with Gasteiger partial charge in [0.25, 0.3) is 0 Å². The molecule has 7 nitrogen and oxygen atoms in total. The van der Waals surface area contributed by atoms with Gasteiger partial charge in [-0.2, -0.15) is 0 Å². The van der Waals surface area contributed by atoms with Crippen LogP contribution in [0.25, 0.3) is 21.9 Å². The number of hydrogen-bond acceptors (Lipinski definition) is 7. The van der Waals surface area contributed by atoms with Crippen LogP contribution < -0.4 is 10.4 Å². The fourth-order valence-electron chi connectivity index (χ4n) is 3.57. The maximum Gasteiger partial charge on any atom is 0.347 e. The Morgan fingerprint density at radius 3 is 2.54 bits per heavy atom. The highest BCUT2D eigenvalue weighted by Gasteiger charge is 2.25. The molecule has 3 rings (SSSR count). The molecule has 3 aromatic rings. The first-order chi connectivity index (χ1) is 13.0. The second-order valence-corrected chi connectivity index (χ2v) is 8.48. The summed E-state index contributed by atoms with van der Waals surface area (Å²) in [7, 11) is 0. The van der Waals surface area contributed by atoms with Gasteiger partial charge in [0, 0.05) is 17.9 Å². The zero-order valence-corrected chi connectivity index (χ0v) is 16.6. The molecule has 0 saturated heterocycles. The molecule has 0 spiro atoms. The lowest BCUT2D eigenvalue weighted by Gasteiger charge is -2.22. The lowest BCUT2D eigenvalue weighted by Crippen LogP contribution is -2.17. The van der Waals surface area contributed by atoms with E-state index in [9.17, 15) is 19.8 Å². The van der Waals surface area contributed by atoms with Crippen molar-refractivity contribution in [3.05, 3.63) is 28.3 Å². The van der Waals surface area contributed by atoms with Crippen molar-refractivity contribution in [3.8, 4) is 17.2 Å². The summed E-state index contributed by atoms with van der Waals surface area (Å²) >= 11 is 0. The van der Waals surface area contributed by atoms with Crippen molar-refractivity contribution in [2.75, 3.05) is 0 Å². The molecule has 1 unspecified atom stereocenters. The first-order valence-corrected chi connectivity index (χ1v) is 9.09. The lowest BCUT2D eigenvalue weighted by atomic mass is 9.84. The van der Waals surface area contributed by atoms with Gasteiger partial charge in [0.15, 0.2) is 11.3 Å². The molecule has 2 aromatic heterocycles. The molecule has 0 amide bonds. The van der Waals surface area contributed by atoms with Gasteiger partial charge in [0.2, 0.25) is 11.5 Å². The van der Waals surface area contributed by atoms with Crippen molar-refractivity contribution in [2.24, 2.45) is 11.3 Å². The monoisotopic (exact) mass is 388 g/mol. The Balaban J connectivity index is 2.03. The molecule has 2 heterocycles. The predicted molar refractivity (Wildman–Crippen MR) is 104 cm³/mol. The van der Waals surface area contributed by atoms with Crippen LogP contribution in [0.1, 0.15) is 46.3 Å². The Morgan fingerprint density at radius 1 is 1.21 bits per heavy atom. The van der Waals surface area contributed by atoms with Gasteiger partial charge in [-0.25, -0.2) is 4.79 Å². The van der Waals surface area contributed by atoms with Crippen molar-refractivity contribution in [1.29, 1.82) is 0 Å². The van der Waals surface area contributed by atoms with Crippen LogP contribution in [0.3, 0.4) is 0 Å². The van der Waals surface area contributed by atoms with Gasteiger partial charge in [-0.1, -0.05) is 27.7 Å². The third-order valence-corrected chi connectivity index (χ3v) is 4.40. The maximum absolute atomic E-state index is 12.4. The normalized spacial score (nSPS) is 13.2. The van der Waals surface area contributed by atoms with E-state index < -0.39 is 23.1 Å². The van der Waals surface area contributed by atoms with Crippen molar-refractivity contribution >= 4 is 27.9 Å². The molecule has 0 fully saturated rings. The van der Waals surface area contributed by atoms with Gasteiger partial charge in [0.1, 0.15) is 16.7 Å². The predicted octanol–water partition coefficient (Wildman–Crippen LogP) is 4.63. The Morgan fingerprint density at radius 2 is 1.89 bits per heavy atom. The summed E-state index contributed by atoms with van der Waals surface area (Å²) in [5, 5.41) is 20.6. The fraction of sp³-hybridized carbons (Fsp3) is 0.429.